The first-order chi connectivity index (χ1) is 14.5. The number of carbonyl (C=O) groups excluding carboxylic acids is 1. The Morgan fingerprint density at radius 2 is 1.62 bits per heavy atom. The average molecular weight is 520 g/mol. The molecule has 0 radical (unpaired) electrons. The Morgan fingerprint density at radius 1 is 1.12 bits per heavy atom. The van der Waals surface area contributed by atoms with Crippen molar-refractivity contribution in [1.82, 2.24) is 4.90 Å². The summed E-state index contributed by atoms with van der Waals surface area (Å²) in [6.07, 6.45) is 1.95. The van der Waals surface area contributed by atoms with E-state index >= 15 is 0 Å². The number of amides is 1. The molecule has 0 unspecified atom stereocenters. The van der Waals surface area contributed by atoms with Crippen LogP contribution in [0.15, 0.2) is 18.2 Å². The maximum atomic E-state index is 12.6. The van der Waals surface area contributed by atoms with Crippen molar-refractivity contribution >= 4 is 45.0 Å². The monoisotopic (exact) mass is 519 g/mol. The highest BCUT2D eigenvalue weighted by molar-refractivity contribution is 7.88. The second-order valence-electron chi connectivity index (χ2n) is 7.93. The van der Waals surface area contributed by atoms with Gasteiger partial charge in [-0.3, -0.25) is 0 Å². The number of rotatable bonds is 3. The minimum atomic E-state index is -5.74. The second kappa shape index (κ2) is 11.0. The van der Waals surface area contributed by atoms with E-state index < -0.39 is 27.3 Å². The molecule has 1 aromatic carbocycles. The summed E-state index contributed by atoms with van der Waals surface area (Å²) in [5.41, 5.74) is -3.92. The van der Waals surface area contributed by atoms with Gasteiger partial charge in [-0.15, -0.1) is 23.2 Å². The smallest absolute Gasteiger partial charge is 0.444 e. The summed E-state index contributed by atoms with van der Waals surface area (Å²) in [4.78, 5) is 13.7. The molecule has 1 aliphatic heterocycles. The number of halogens is 5. The van der Waals surface area contributed by atoms with E-state index in [2.05, 4.69) is 4.18 Å². The zero-order valence-corrected chi connectivity index (χ0v) is 20.7. The molecule has 0 saturated heterocycles. The number of carbonyl (C=O) groups is 1. The molecule has 1 aromatic rings. The molecule has 182 valence electrons. The van der Waals surface area contributed by atoms with Gasteiger partial charge in [0.1, 0.15) is 11.4 Å². The number of hydrogen-bond acceptors (Lipinski definition) is 5. The summed E-state index contributed by atoms with van der Waals surface area (Å²) in [5.74, 6) is -0.335. The van der Waals surface area contributed by atoms with Crippen molar-refractivity contribution in [2.75, 3.05) is 18.4 Å². The number of alkyl halides is 5. The zero-order valence-electron chi connectivity index (χ0n) is 18.3. The highest BCUT2D eigenvalue weighted by Crippen LogP contribution is 2.34. The molecular formula is C20H26Cl2F3NO5S. The van der Waals surface area contributed by atoms with Crippen molar-refractivity contribution in [3.63, 3.8) is 0 Å². The highest BCUT2D eigenvalue weighted by Gasteiger charge is 2.49. The molecule has 0 atom stereocenters. The first kappa shape index (κ1) is 28.4. The summed E-state index contributed by atoms with van der Waals surface area (Å²) in [7, 11) is -5.74. The van der Waals surface area contributed by atoms with Gasteiger partial charge in [-0.1, -0.05) is 6.08 Å². The molecule has 0 aromatic heterocycles. The van der Waals surface area contributed by atoms with E-state index in [0.717, 1.165) is 11.1 Å². The number of nitrogens with zero attached hydrogens (tertiary/aromatic N) is 1. The Morgan fingerprint density at radius 3 is 2.00 bits per heavy atom. The van der Waals surface area contributed by atoms with Crippen LogP contribution in [0.5, 0.6) is 5.75 Å². The van der Waals surface area contributed by atoms with Crippen LogP contribution in [0.25, 0.3) is 5.57 Å². The number of hydrogen-bond donors (Lipinski definition) is 0. The molecule has 0 saturated carbocycles. The summed E-state index contributed by atoms with van der Waals surface area (Å²) in [6.45, 7) is 9.07. The van der Waals surface area contributed by atoms with Crippen LogP contribution in [0.3, 0.4) is 0 Å². The van der Waals surface area contributed by atoms with Crippen molar-refractivity contribution in [1.29, 1.82) is 0 Å². The molecule has 6 nitrogen and oxygen atoms in total. The van der Waals surface area contributed by atoms with Crippen molar-refractivity contribution in [2.45, 2.75) is 52.1 Å². The van der Waals surface area contributed by atoms with E-state index in [9.17, 15) is 26.4 Å². The molecule has 0 bridgehead atoms. The van der Waals surface area contributed by atoms with E-state index in [4.69, 9.17) is 27.9 Å². The molecular weight excluding hydrogens is 494 g/mol. The first-order valence-electron chi connectivity index (χ1n) is 9.43. The van der Waals surface area contributed by atoms with E-state index in [1.165, 1.54) is 13.8 Å². The molecule has 12 heteroatoms. The van der Waals surface area contributed by atoms with E-state index in [-0.39, 0.29) is 22.2 Å². The van der Waals surface area contributed by atoms with E-state index in [1.807, 2.05) is 6.08 Å². The summed E-state index contributed by atoms with van der Waals surface area (Å²) < 4.78 is 70.0. The Labute approximate surface area is 196 Å². The number of benzene rings is 1. The third-order valence-corrected chi connectivity index (χ3v) is 5.12. The molecule has 1 amide bonds. The molecule has 1 aliphatic rings. The van der Waals surface area contributed by atoms with Crippen molar-refractivity contribution in [2.24, 2.45) is 0 Å². The Balaban J connectivity index is 0.00000161. The largest absolute Gasteiger partial charge is 0.534 e. The predicted octanol–water partition coefficient (Wildman–Crippen LogP) is 5.98. The standard InChI is InChI=1S/C19H24F3NO5S.CH2Cl2/c1-12-10-15(11-13(2)16(12)28-29(25,26)19(20,21)22)14-6-8-23(9-7-14)17(24)27-18(3,4)5;2-1-3/h6,10-11H,7-9H2,1-5H3;1H2. The maximum absolute atomic E-state index is 12.6. The van der Waals surface area contributed by atoms with Crippen molar-refractivity contribution < 1.29 is 35.3 Å². The molecule has 0 aliphatic carbocycles. The number of aryl methyl sites for hydroxylation is 2. The molecule has 0 spiro atoms. The molecule has 0 fully saturated rings. The lowest BCUT2D eigenvalue weighted by molar-refractivity contribution is -0.0500. The highest BCUT2D eigenvalue weighted by atomic mass is 35.5. The van der Waals surface area contributed by atoms with Gasteiger partial charge < -0.3 is 13.8 Å². The molecule has 1 heterocycles. The Hall–Kier alpha value is -1.65. The van der Waals surface area contributed by atoms with E-state index in [1.54, 1.807) is 37.8 Å². The van der Waals surface area contributed by atoms with Crippen LogP contribution in [-0.2, 0) is 14.9 Å². The Bertz CT molecular complexity index is 934. The van der Waals surface area contributed by atoms with Gasteiger partial charge >= 0.3 is 21.7 Å². The van der Waals surface area contributed by atoms with Crippen LogP contribution in [-0.4, -0.2) is 48.9 Å². The zero-order chi connectivity index (χ0) is 24.9. The van der Waals surface area contributed by atoms with Crippen LogP contribution in [0.4, 0.5) is 18.0 Å². The van der Waals surface area contributed by atoms with Crippen LogP contribution < -0.4 is 4.18 Å². The van der Waals surface area contributed by atoms with Gasteiger partial charge in [-0.2, -0.15) is 21.6 Å². The fraction of sp³-hybridized carbons (Fsp3) is 0.550. The topological polar surface area (TPSA) is 72.9 Å². The fourth-order valence-electron chi connectivity index (χ4n) is 2.85. The lowest BCUT2D eigenvalue weighted by atomic mass is 9.95. The second-order valence-corrected chi connectivity index (χ2v) is 10.3. The van der Waals surface area contributed by atoms with Crippen LogP contribution in [0, 0.1) is 13.8 Å². The van der Waals surface area contributed by atoms with E-state index in [0.29, 0.717) is 19.5 Å². The van der Waals surface area contributed by atoms with Gasteiger partial charge in [0.15, 0.2) is 0 Å². The van der Waals surface area contributed by atoms with Gasteiger partial charge in [0.05, 0.1) is 5.34 Å². The van der Waals surface area contributed by atoms with Crippen molar-refractivity contribution in [3.8, 4) is 5.75 Å². The van der Waals surface area contributed by atoms with Gasteiger partial charge in [-0.05, 0) is 75.4 Å². The van der Waals surface area contributed by atoms with Crippen molar-refractivity contribution in [3.05, 3.63) is 34.9 Å². The maximum Gasteiger partial charge on any atom is 0.534 e. The third-order valence-electron chi connectivity index (χ3n) is 4.17. The summed E-state index contributed by atoms with van der Waals surface area (Å²) in [6, 6.07) is 3.15. The lowest BCUT2D eigenvalue weighted by Gasteiger charge is -2.29. The van der Waals surface area contributed by atoms with Crippen LogP contribution in [0.2, 0.25) is 0 Å². The average Bonchev–Trinajstić information content (AvgIpc) is 2.63. The summed E-state index contributed by atoms with van der Waals surface area (Å²) >= 11 is 9.53. The quantitative estimate of drug-likeness (QED) is 0.279. The SMILES string of the molecule is Cc1cc(C2=CCN(C(=O)OC(C)(C)C)CC2)cc(C)c1OS(=O)(=O)C(F)(F)F.ClCCl. The number of ether oxygens (including phenoxy) is 1. The van der Waals surface area contributed by atoms with Gasteiger partial charge in [0.25, 0.3) is 0 Å². The minimum absolute atomic E-state index is 0.194. The molecule has 0 N–H and O–H groups in total. The third kappa shape index (κ3) is 8.04. The Kier molecular flexibility index (Phi) is 9.74. The van der Waals surface area contributed by atoms with Gasteiger partial charge in [0, 0.05) is 13.1 Å². The first-order valence-corrected chi connectivity index (χ1v) is 11.9. The van der Waals surface area contributed by atoms with Crippen LogP contribution in [0.1, 0.15) is 43.9 Å². The minimum Gasteiger partial charge on any atom is -0.444 e. The van der Waals surface area contributed by atoms with Gasteiger partial charge in [0.2, 0.25) is 0 Å². The predicted molar refractivity (Wildman–Crippen MR) is 118 cm³/mol. The summed E-state index contributed by atoms with van der Waals surface area (Å²) in [5, 5.41) is 0.194. The van der Waals surface area contributed by atoms with Gasteiger partial charge in [-0.25, -0.2) is 4.79 Å². The van der Waals surface area contributed by atoms with Crippen LogP contribution >= 0.6 is 23.2 Å². The molecule has 2 rings (SSSR count). The molecule has 32 heavy (non-hydrogen) atoms. The fourth-order valence-corrected chi connectivity index (χ4v) is 3.42. The lowest BCUT2D eigenvalue weighted by Crippen LogP contribution is -2.39. The normalized spacial score (nSPS) is 14.8.